The maximum Gasteiger partial charge on any atom is 0.223 e. The van der Waals surface area contributed by atoms with Gasteiger partial charge in [0.25, 0.3) is 0 Å². The van der Waals surface area contributed by atoms with Crippen LogP contribution in [0.25, 0.3) is 0 Å². The summed E-state index contributed by atoms with van der Waals surface area (Å²) in [5, 5.41) is 21.9. The number of thiazole rings is 1. The van der Waals surface area contributed by atoms with E-state index in [0.29, 0.717) is 6.42 Å². The Balaban J connectivity index is 1.64. The van der Waals surface area contributed by atoms with Crippen molar-refractivity contribution >= 4 is 29.0 Å². The van der Waals surface area contributed by atoms with E-state index in [1.54, 1.807) is 23.1 Å². The van der Waals surface area contributed by atoms with Crippen molar-refractivity contribution < 1.29 is 15.0 Å². The Morgan fingerprint density at radius 1 is 1.53 bits per heavy atom. The van der Waals surface area contributed by atoms with Gasteiger partial charge in [0.2, 0.25) is 5.91 Å². The number of aryl methyl sites for hydroxylation is 1. The average Bonchev–Trinajstić information content (AvgIpc) is 2.92. The summed E-state index contributed by atoms with van der Waals surface area (Å²) in [6.07, 6.45) is -1.16. The van der Waals surface area contributed by atoms with Gasteiger partial charge in [0.15, 0.2) is 0 Å². The van der Waals surface area contributed by atoms with Gasteiger partial charge in [-0.25, -0.2) is 4.98 Å². The molecule has 1 aromatic rings. The number of amides is 1. The molecule has 2 rings (SSSR count). The minimum atomic E-state index is -0.797. The molecular formula is C12H18N2O3S2. The fourth-order valence-corrected chi connectivity index (χ4v) is 3.48. The summed E-state index contributed by atoms with van der Waals surface area (Å²) in [6.45, 7) is 2.47. The highest BCUT2D eigenvalue weighted by Crippen LogP contribution is 2.17. The number of β-amino-alcohol motifs (C(OH)–C–C–N with tert-alkyl or cyclic N) is 2. The zero-order valence-electron chi connectivity index (χ0n) is 10.8. The monoisotopic (exact) mass is 302 g/mol. The Bertz CT molecular complexity index is 428. The molecule has 0 radical (unpaired) electrons. The number of thioether (sulfide) groups is 1. The Labute approximate surface area is 120 Å². The number of nitrogens with zero attached hydrogens (tertiary/aromatic N) is 2. The minimum absolute atomic E-state index is 0.00226. The van der Waals surface area contributed by atoms with Gasteiger partial charge in [0, 0.05) is 36.4 Å². The zero-order chi connectivity index (χ0) is 13.8. The van der Waals surface area contributed by atoms with Crippen molar-refractivity contribution in [2.45, 2.75) is 31.3 Å². The zero-order valence-corrected chi connectivity index (χ0v) is 12.4. The molecule has 1 aliphatic heterocycles. The second-order valence-corrected chi connectivity index (χ2v) is 6.76. The second-order valence-electron chi connectivity index (χ2n) is 4.59. The van der Waals surface area contributed by atoms with Crippen molar-refractivity contribution in [2.24, 2.45) is 0 Å². The Hall–Kier alpha value is -0.630. The molecular weight excluding hydrogens is 284 g/mol. The first kappa shape index (κ1) is 14.8. The van der Waals surface area contributed by atoms with Gasteiger partial charge in [-0.15, -0.1) is 11.3 Å². The molecule has 0 bridgehead atoms. The molecule has 1 aromatic heterocycles. The van der Waals surface area contributed by atoms with Crippen molar-refractivity contribution in [3.05, 3.63) is 16.1 Å². The first-order valence-electron chi connectivity index (χ1n) is 6.19. The molecule has 2 heterocycles. The Morgan fingerprint density at radius 3 is 2.79 bits per heavy atom. The van der Waals surface area contributed by atoms with Crippen LogP contribution in [0.1, 0.15) is 17.1 Å². The number of likely N-dealkylation sites (tertiary alicyclic amines) is 1. The van der Waals surface area contributed by atoms with Gasteiger partial charge in [-0.2, -0.15) is 11.8 Å². The van der Waals surface area contributed by atoms with Crippen LogP contribution in [0.3, 0.4) is 0 Å². The van der Waals surface area contributed by atoms with Crippen LogP contribution in [0, 0.1) is 6.92 Å². The maximum absolute atomic E-state index is 11.8. The van der Waals surface area contributed by atoms with Gasteiger partial charge in [-0.05, 0) is 6.92 Å². The molecule has 0 saturated carbocycles. The standard InChI is InChI=1S/C12H18N2O3S2/c1-8-13-9(7-19-8)6-18-3-2-12(17)14-4-10(15)11(16)5-14/h7,10-11,15-16H,2-6H2,1H3/t10-,11+. The third kappa shape index (κ3) is 4.17. The predicted molar refractivity (Wildman–Crippen MR) is 76.2 cm³/mol. The van der Waals surface area contributed by atoms with Gasteiger partial charge in [0.1, 0.15) is 0 Å². The molecule has 2 N–H and O–H groups in total. The molecule has 0 unspecified atom stereocenters. The smallest absolute Gasteiger partial charge is 0.223 e. The van der Waals surface area contributed by atoms with Crippen molar-refractivity contribution in [3.8, 4) is 0 Å². The van der Waals surface area contributed by atoms with E-state index in [1.807, 2.05) is 12.3 Å². The van der Waals surface area contributed by atoms with E-state index in [1.165, 1.54) is 4.90 Å². The molecule has 0 aromatic carbocycles. The molecule has 106 valence electrons. The van der Waals surface area contributed by atoms with Crippen LogP contribution in [-0.4, -0.2) is 57.1 Å². The highest BCUT2D eigenvalue weighted by Gasteiger charge is 2.31. The summed E-state index contributed by atoms with van der Waals surface area (Å²) in [5.41, 5.74) is 1.06. The van der Waals surface area contributed by atoms with Gasteiger partial charge in [-0.1, -0.05) is 0 Å². The lowest BCUT2D eigenvalue weighted by molar-refractivity contribution is -0.130. The number of aliphatic hydroxyl groups is 2. The molecule has 2 atom stereocenters. The molecule has 7 heteroatoms. The second kappa shape index (κ2) is 6.69. The summed E-state index contributed by atoms with van der Waals surface area (Å²) in [5.74, 6) is 1.55. The number of aromatic nitrogens is 1. The van der Waals surface area contributed by atoms with E-state index in [-0.39, 0.29) is 19.0 Å². The van der Waals surface area contributed by atoms with E-state index in [4.69, 9.17) is 0 Å². The molecule has 5 nitrogen and oxygen atoms in total. The largest absolute Gasteiger partial charge is 0.388 e. The SMILES string of the molecule is Cc1nc(CSCCC(=O)N2C[C@@H](O)[C@@H](O)C2)cs1. The van der Waals surface area contributed by atoms with Crippen LogP contribution in [0.2, 0.25) is 0 Å². The number of rotatable bonds is 5. The van der Waals surface area contributed by atoms with Gasteiger partial charge in [0.05, 0.1) is 22.9 Å². The van der Waals surface area contributed by atoms with E-state index < -0.39 is 12.2 Å². The molecule has 1 saturated heterocycles. The van der Waals surface area contributed by atoms with Crippen LogP contribution < -0.4 is 0 Å². The van der Waals surface area contributed by atoms with Crippen LogP contribution in [0.15, 0.2) is 5.38 Å². The number of aliphatic hydroxyl groups excluding tert-OH is 2. The van der Waals surface area contributed by atoms with Crippen molar-refractivity contribution in [1.29, 1.82) is 0 Å². The summed E-state index contributed by atoms with van der Waals surface area (Å²) in [4.78, 5) is 17.7. The lowest BCUT2D eigenvalue weighted by Gasteiger charge is -2.14. The van der Waals surface area contributed by atoms with Crippen LogP contribution in [0.4, 0.5) is 0 Å². The molecule has 0 aliphatic carbocycles. The summed E-state index contributed by atoms with van der Waals surface area (Å²) >= 11 is 3.31. The molecule has 0 spiro atoms. The lowest BCUT2D eigenvalue weighted by atomic mass is 10.3. The fraction of sp³-hybridized carbons (Fsp3) is 0.667. The van der Waals surface area contributed by atoms with Crippen LogP contribution in [-0.2, 0) is 10.5 Å². The third-order valence-electron chi connectivity index (χ3n) is 2.99. The fourth-order valence-electron chi connectivity index (χ4n) is 1.94. The minimum Gasteiger partial charge on any atom is -0.388 e. The predicted octanol–water partition coefficient (Wildman–Crippen LogP) is 0.639. The quantitative estimate of drug-likeness (QED) is 0.781. The highest BCUT2D eigenvalue weighted by molar-refractivity contribution is 7.98. The number of carbonyl (C=O) groups excluding carboxylic acids is 1. The maximum atomic E-state index is 11.8. The Kier molecular flexibility index (Phi) is 5.20. The number of carbonyl (C=O) groups is 1. The molecule has 1 aliphatic rings. The van der Waals surface area contributed by atoms with Crippen LogP contribution >= 0.6 is 23.1 Å². The molecule has 1 amide bonds. The molecule has 19 heavy (non-hydrogen) atoms. The van der Waals surface area contributed by atoms with Crippen LogP contribution in [0.5, 0.6) is 0 Å². The van der Waals surface area contributed by atoms with Gasteiger partial charge >= 0.3 is 0 Å². The van der Waals surface area contributed by atoms with Crippen molar-refractivity contribution in [1.82, 2.24) is 9.88 Å². The first-order chi connectivity index (χ1) is 9.06. The van der Waals surface area contributed by atoms with E-state index in [2.05, 4.69) is 4.98 Å². The summed E-state index contributed by atoms with van der Waals surface area (Å²) < 4.78 is 0. The lowest BCUT2D eigenvalue weighted by Crippen LogP contribution is -2.29. The van der Waals surface area contributed by atoms with Gasteiger partial charge in [-0.3, -0.25) is 4.79 Å². The topological polar surface area (TPSA) is 73.7 Å². The third-order valence-corrected chi connectivity index (χ3v) is 4.80. The summed E-state index contributed by atoms with van der Waals surface area (Å²) in [6, 6.07) is 0. The van der Waals surface area contributed by atoms with E-state index in [0.717, 1.165) is 22.2 Å². The van der Waals surface area contributed by atoms with E-state index in [9.17, 15) is 15.0 Å². The van der Waals surface area contributed by atoms with E-state index >= 15 is 0 Å². The molecule has 1 fully saturated rings. The van der Waals surface area contributed by atoms with Crippen molar-refractivity contribution in [3.63, 3.8) is 0 Å². The van der Waals surface area contributed by atoms with Crippen molar-refractivity contribution in [2.75, 3.05) is 18.8 Å². The summed E-state index contributed by atoms with van der Waals surface area (Å²) in [7, 11) is 0. The average molecular weight is 302 g/mol. The first-order valence-corrected chi connectivity index (χ1v) is 8.22. The number of hydrogen-bond acceptors (Lipinski definition) is 6. The van der Waals surface area contributed by atoms with Gasteiger partial charge < -0.3 is 15.1 Å². The normalized spacial score (nSPS) is 23.0. The Morgan fingerprint density at radius 2 is 2.21 bits per heavy atom. The number of hydrogen-bond donors (Lipinski definition) is 2. The highest BCUT2D eigenvalue weighted by atomic mass is 32.2.